The Morgan fingerprint density at radius 1 is 0.857 bits per heavy atom. The van der Waals surface area contributed by atoms with E-state index in [1.54, 1.807) is 0 Å². The first kappa shape index (κ1) is 24.7. The summed E-state index contributed by atoms with van der Waals surface area (Å²) in [5.41, 5.74) is 10.5. The Morgan fingerprint density at radius 2 is 1.43 bits per heavy atom. The molecule has 0 bridgehead atoms. The number of primary amides is 1. The van der Waals surface area contributed by atoms with Crippen molar-refractivity contribution in [1.29, 1.82) is 0 Å². The Labute approximate surface area is 158 Å². The number of rotatable bonds is 13. The van der Waals surface area contributed by atoms with Crippen LogP contribution in [0.2, 0.25) is 0 Å². The number of hydrogen-bond donors (Lipinski definition) is 8. The average molecular weight is 405 g/mol. The Hall–Kier alpha value is -3.26. The molecule has 10 N–H and O–H groups in total. The smallest absolute Gasteiger partial charge is 0.322 e. The van der Waals surface area contributed by atoms with Gasteiger partial charge < -0.3 is 42.7 Å². The molecule has 0 aliphatic carbocycles. The zero-order valence-corrected chi connectivity index (χ0v) is 14.7. The minimum atomic E-state index is -1.56. The Bertz CT molecular complexity index is 624. The normalized spacial score (nSPS) is 13.5. The first-order chi connectivity index (χ1) is 13.0. The number of hydrogen-bond acceptors (Lipinski definition) is 8. The van der Waals surface area contributed by atoms with E-state index in [0.29, 0.717) is 0 Å². The van der Waals surface area contributed by atoms with Gasteiger partial charge in [0.2, 0.25) is 23.6 Å². The van der Waals surface area contributed by atoms with Crippen molar-refractivity contribution in [2.24, 2.45) is 11.5 Å². The van der Waals surface area contributed by atoms with Gasteiger partial charge in [-0.25, -0.2) is 0 Å². The van der Waals surface area contributed by atoms with Gasteiger partial charge in [-0.05, 0) is 6.42 Å². The minimum absolute atomic E-state index is 0.233. The van der Waals surface area contributed by atoms with E-state index in [1.807, 2.05) is 10.6 Å². The van der Waals surface area contributed by atoms with Gasteiger partial charge in [0.15, 0.2) is 0 Å². The van der Waals surface area contributed by atoms with Crippen LogP contribution in [-0.4, -0.2) is 82.2 Å². The van der Waals surface area contributed by atoms with Crippen molar-refractivity contribution in [2.75, 3.05) is 13.2 Å². The standard InChI is InChI=1S/C14H23N5O9/c15-6(1-2-10(22)23)12(26)18-7(3-9(16)21)14(28)19-8(5-20)13(27)17-4-11(24)25/h6-8,20H,1-5,15H2,(H2,16,21)(H,17,27)(H,18,26)(H,19,28)(H,22,23)(H,24,25). The molecule has 158 valence electrons. The maximum atomic E-state index is 12.2. The number of aliphatic carboxylic acids is 2. The number of aliphatic hydroxyl groups excluding tert-OH is 1. The summed E-state index contributed by atoms with van der Waals surface area (Å²) >= 11 is 0. The topological polar surface area (TPSA) is 251 Å². The van der Waals surface area contributed by atoms with E-state index >= 15 is 0 Å². The summed E-state index contributed by atoms with van der Waals surface area (Å²) in [4.78, 5) is 68.0. The molecule has 0 spiro atoms. The third-order valence-corrected chi connectivity index (χ3v) is 3.27. The Balaban J connectivity index is 5.01. The summed E-state index contributed by atoms with van der Waals surface area (Å²) in [6, 6.07) is -4.39. The van der Waals surface area contributed by atoms with Gasteiger partial charge in [-0.15, -0.1) is 0 Å². The molecule has 4 amide bonds. The van der Waals surface area contributed by atoms with E-state index in [4.69, 9.17) is 21.7 Å². The molecule has 0 aromatic rings. The van der Waals surface area contributed by atoms with Gasteiger partial charge >= 0.3 is 11.9 Å². The molecule has 0 aliphatic rings. The summed E-state index contributed by atoms with van der Waals surface area (Å²) < 4.78 is 0. The maximum absolute atomic E-state index is 12.2. The fraction of sp³-hybridized carbons (Fsp3) is 0.571. The Morgan fingerprint density at radius 3 is 1.89 bits per heavy atom. The molecule has 14 heteroatoms. The predicted molar refractivity (Wildman–Crippen MR) is 90.2 cm³/mol. The highest BCUT2D eigenvalue weighted by atomic mass is 16.4. The molecule has 28 heavy (non-hydrogen) atoms. The minimum Gasteiger partial charge on any atom is -0.481 e. The third-order valence-electron chi connectivity index (χ3n) is 3.27. The van der Waals surface area contributed by atoms with Crippen LogP contribution in [0.3, 0.4) is 0 Å². The number of carboxylic acids is 2. The quantitative estimate of drug-likeness (QED) is 0.145. The summed E-state index contributed by atoms with van der Waals surface area (Å²) in [5, 5.41) is 32.4. The third kappa shape index (κ3) is 10.0. The van der Waals surface area contributed by atoms with Crippen LogP contribution in [-0.2, 0) is 28.8 Å². The highest BCUT2D eigenvalue weighted by Gasteiger charge is 2.29. The lowest BCUT2D eigenvalue weighted by molar-refractivity contribution is -0.139. The van der Waals surface area contributed by atoms with E-state index in [1.165, 1.54) is 0 Å². The molecule has 0 heterocycles. The SMILES string of the molecule is NC(=O)CC(NC(=O)C(N)CCC(=O)O)C(=O)NC(CO)C(=O)NCC(=O)O. The van der Waals surface area contributed by atoms with Crippen molar-refractivity contribution < 1.29 is 44.1 Å². The number of carbonyl (C=O) groups excluding carboxylic acids is 4. The average Bonchev–Trinajstić information content (AvgIpc) is 2.60. The molecular weight excluding hydrogens is 382 g/mol. The first-order valence-electron chi connectivity index (χ1n) is 7.94. The highest BCUT2D eigenvalue weighted by molar-refractivity contribution is 5.95. The molecule has 0 rings (SSSR count). The highest BCUT2D eigenvalue weighted by Crippen LogP contribution is 1.99. The fourth-order valence-corrected chi connectivity index (χ4v) is 1.85. The lowest BCUT2D eigenvalue weighted by Crippen LogP contribution is -2.57. The van der Waals surface area contributed by atoms with Gasteiger partial charge in [0, 0.05) is 6.42 Å². The summed E-state index contributed by atoms with van der Waals surface area (Å²) in [7, 11) is 0. The largest absolute Gasteiger partial charge is 0.481 e. The van der Waals surface area contributed by atoms with E-state index in [2.05, 4.69) is 5.32 Å². The molecule has 3 unspecified atom stereocenters. The monoisotopic (exact) mass is 405 g/mol. The second-order valence-electron chi connectivity index (χ2n) is 5.63. The Kier molecular flexibility index (Phi) is 10.8. The van der Waals surface area contributed by atoms with Crippen molar-refractivity contribution >= 4 is 35.6 Å². The lowest BCUT2D eigenvalue weighted by atomic mass is 10.1. The number of carbonyl (C=O) groups is 6. The molecular formula is C14H23N5O9. The van der Waals surface area contributed by atoms with Crippen LogP contribution in [0.25, 0.3) is 0 Å². The van der Waals surface area contributed by atoms with Gasteiger partial charge in [-0.1, -0.05) is 0 Å². The lowest BCUT2D eigenvalue weighted by Gasteiger charge is -2.22. The first-order valence-corrected chi connectivity index (χ1v) is 7.94. The fourth-order valence-electron chi connectivity index (χ4n) is 1.85. The second kappa shape index (κ2) is 12.2. The number of aliphatic hydroxyl groups is 1. The molecule has 0 aliphatic heterocycles. The van der Waals surface area contributed by atoms with Crippen molar-refractivity contribution in [3.63, 3.8) is 0 Å². The molecule has 0 fully saturated rings. The van der Waals surface area contributed by atoms with Gasteiger partial charge in [-0.2, -0.15) is 0 Å². The van der Waals surface area contributed by atoms with Gasteiger partial charge in [0.25, 0.3) is 0 Å². The van der Waals surface area contributed by atoms with Gasteiger partial charge in [0.05, 0.1) is 19.1 Å². The number of carboxylic acid groups (broad SMARTS) is 2. The maximum Gasteiger partial charge on any atom is 0.322 e. The molecule has 0 aromatic heterocycles. The zero-order chi connectivity index (χ0) is 21.9. The van der Waals surface area contributed by atoms with Gasteiger partial charge in [-0.3, -0.25) is 28.8 Å². The van der Waals surface area contributed by atoms with E-state index in [0.717, 1.165) is 0 Å². The predicted octanol–water partition coefficient (Wildman–Crippen LogP) is -4.78. The van der Waals surface area contributed by atoms with E-state index in [-0.39, 0.29) is 6.42 Å². The summed E-state index contributed by atoms with van der Waals surface area (Å²) in [5.74, 6) is -6.53. The van der Waals surface area contributed by atoms with Crippen LogP contribution in [0.1, 0.15) is 19.3 Å². The van der Waals surface area contributed by atoms with Crippen LogP contribution < -0.4 is 27.4 Å². The van der Waals surface area contributed by atoms with Crippen LogP contribution in [0.5, 0.6) is 0 Å². The number of nitrogens with one attached hydrogen (secondary N) is 3. The molecule has 14 nitrogen and oxygen atoms in total. The van der Waals surface area contributed by atoms with Crippen molar-refractivity contribution in [1.82, 2.24) is 16.0 Å². The van der Waals surface area contributed by atoms with Crippen molar-refractivity contribution in [3.8, 4) is 0 Å². The zero-order valence-electron chi connectivity index (χ0n) is 14.7. The molecule has 0 saturated carbocycles. The van der Waals surface area contributed by atoms with Crippen LogP contribution in [0.4, 0.5) is 0 Å². The van der Waals surface area contributed by atoms with Crippen molar-refractivity contribution in [2.45, 2.75) is 37.4 Å². The van der Waals surface area contributed by atoms with Crippen LogP contribution >= 0.6 is 0 Å². The molecule has 0 radical (unpaired) electrons. The number of nitrogens with two attached hydrogens (primary N) is 2. The number of amides is 4. The molecule has 0 aromatic carbocycles. The second-order valence-corrected chi connectivity index (χ2v) is 5.63. The molecule has 0 saturated heterocycles. The van der Waals surface area contributed by atoms with Crippen molar-refractivity contribution in [3.05, 3.63) is 0 Å². The van der Waals surface area contributed by atoms with E-state index in [9.17, 15) is 33.9 Å². The van der Waals surface area contributed by atoms with E-state index < -0.39 is 79.7 Å². The summed E-state index contributed by atoms with van der Waals surface area (Å²) in [6.07, 6.45) is -1.31. The van der Waals surface area contributed by atoms with Crippen LogP contribution in [0.15, 0.2) is 0 Å². The summed E-state index contributed by atoms with van der Waals surface area (Å²) in [6.45, 7) is -1.66. The van der Waals surface area contributed by atoms with Crippen LogP contribution in [0, 0.1) is 0 Å². The molecule has 3 atom stereocenters. The van der Waals surface area contributed by atoms with Gasteiger partial charge in [0.1, 0.15) is 18.6 Å².